The fourth-order valence-electron chi connectivity index (χ4n) is 3.01. The van der Waals surface area contributed by atoms with E-state index in [9.17, 15) is 14.7 Å². The van der Waals surface area contributed by atoms with E-state index in [-0.39, 0.29) is 5.91 Å². The lowest BCUT2D eigenvalue weighted by atomic mass is 10.1. The number of hydrogen-bond acceptors (Lipinski definition) is 4. The lowest BCUT2D eigenvalue weighted by Crippen LogP contribution is -2.26. The van der Waals surface area contributed by atoms with Gasteiger partial charge in [0.1, 0.15) is 5.69 Å². The molecule has 0 saturated heterocycles. The Bertz CT molecular complexity index is 822. The highest BCUT2D eigenvalue weighted by atomic mass is 16.4. The maximum atomic E-state index is 11.7. The summed E-state index contributed by atoms with van der Waals surface area (Å²) in [5, 5.41) is 11.8. The Morgan fingerprint density at radius 2 is 2.12 bits per heavy atom. The Hall–Kier alpha value is -3.09. The molecule has 2 N–H and O–H groups in total. The highest BCUT2D eigenvalue weighted by Crippen LogP contribution is 2.31. The Balaban J connectivity index is 1.77. The fourth-order valence-corrected chi connectivity index (χ4v) is 3.01. The molecule has 0 aliphatic carbocycles. The van der Waals surface area contributed by atoms with Crippen LogP contribution < -0.4 is 15.1 Å². The van der Waals surface area contributed by atoms with E-state index in [2.05, 4.69) is 15.2 Å². The number of pyridine rings is 1. The summed E-state index contributed by atoms with van der Waals surface area (Å²) >= 11 is 0. The van der Waals surface area contributed by atoms with Crippen molar-refractivity contribution in [3.63, 3.8) is 0 Å². The zero-order valence-corrected chi connectivity index (χ0v) is 14.2. The average molecular weight is 340 g/mol. The molecule has 1 aliphatic heterocycles. The summed E-state index contributed by atoms with van der Waals surface area (Å²) in [5.41, 5.74) is 4.16. The van der Waals surface area contributed by atoms with E-state index in [0.717, 1.165) is 28.9 Å². The topological polar surface area (TPSA) is 85.8 Å². The number of aromatic nitrogens is 1. The van der Waals surface area contributed by atoms with E-state index in [1.54, 1.807) is 19.3 Å². The van der Waals surface area contributed by atoms with Gasteiger partial charge < -0.3 is 15.3 Å². The molecular formula is C18H20N4O3. The molecule has 2 heterocycles. The summed E-state index contributed by atoms with van der Waals surface area (Å²) in [6, 6.07) is 9.45. The molecule has 25 heavy (non-hydrogen) atoms. The van der Waals surface area contributed by atoms with Crippen LogP contribution in [0.25, 0.3) is 0 Å². The van der Waals surface area contributed by atoms with Gasteiger partial charge in [-0.1, -0.05) is 0 Å². The highest BCUT2D eigenvalue weighted by molar-refractivity contribution is 5.92. The summed E-state index contributed by atoms with van der Waals surface area (Å²) in [7, 11) is 3.54. The van der Waals surface area contributed by atoms with Gasteiger partial charge in [0.2, 0.25) is 0 Å². The number of hydrogen-bond donors (Lipinski definition) is 2. The number of carbonyl (C=O) groups is 2. The van der Waals surface area contributed by atoms with Crippen LogP contribution in [0.5, 0.6) is 0 Å². The lowest BCUT2D eigenvalue weighted by molar-refractivity contribution is 0.0958. The first kappa shape index (κ1) is 16.8. The van der Waals surface area contributed by atoms with Crippen LogP contribution in [-0.4, -0.2) is 42.7 Å². The van der Waals surface area contributed by atoms with Crippen molar-refractivity contribution in [3.8, 4) is 0 Å². The Morgan fingerprint density at radius 1 is 1.32 bits per heavy atom. The van der Waals surface area contributed by atoms with E-state index in [1.807, 2.05) is 31.3 Å². The van der Waals surface area contributed by atoms with E-state index >= 15 is 0 Å². The summed E-state index contributed by atoms with van der Waals surface area (Å²) in [6.45, 7) is 1.12. The van der Waals surface area contributed by atoms with Crippen molar-refractivity contribution in [3.05, 3.63) is 53.3 Å². The molecular weight excluding hydrogens is 320 g/mol. The maximum Gasteiger partial charge on any atom is 0.411 e. The first-order chi connectivity index (χ1) is 12.0. The van der Waals surface area contributed by atoms with Crippen molar-refractivity contribution in [1.29, 1.82) is 0 Å². The number of benzene rings is 1. The van der Waals surface area contributed by atoms with E-state index in [0.29, 0.717) is 18.8 Å². The van der Waals surface area contributed by atoms with Crippen LogP contribution in [0, 0.1) is 0 Å². The summed E-state index contributed by atoms with van der Waals surface area (Å²) in [6.07, 6.45) is 1.43. The molecule has 0 spiro atoms. The van der Waals surface area contributed by atoms with Crippen LogP contribution in [0.1, 0.15) is 21.6 Å². The Morgan fingerprint density at radius 3 is 2.84 bits per heavy atom. The third-order valence-electron chi connectivity index (χ3n) is 4.33. The molecule has 2 aromatic rings. The number of fused-ring (bicyclic) bond motifs is 1. The molecule has 0 bridgehead atoms. The van der Waals surface area contributed by atoms with Gasteiger partial charge in [0.05, 0.1) is 5.69 Å². The number of amides is 2. The number of rotatable bonds is 4. The molecule has 2 amide bonds. The molecule has 3 rings (SSSR count). The van der Waals surface area contributed by atoms with Crippen molar-refractivity contribution >= 4 is 23.4 Å². The summed E-state index contributed by atoms with van der Waals surface area (Å²) in [5.74, 6) is -0.212. The molecule has 0 fully saturated rings. The smallest absolute Gasteiger partial charge is 0.411 e. The first-order valence-electron chi connectivity index (χ1n) is 8.01. The number of anilines is 2. The van der Waals surface area contributed by atoms with Crippen molar-refractivity contribution in [2.75, 3.05) is 30.4 Å². The molecule has 0 saturated carbocycles. The molecule has 0 atom stereocenters. The second-order valence-electron chi connectivity index (χ2n) is 5.98. The van der Waals surface area contributed by atoms with Gasteiger partial charge in [-0.3, -0.25) is 14.7 Å². The molecule has 130 valence electrons. The third-order valence-corrected chi connectivity index (χ3v) is 4.33. The van der Waals surface area contributed by atoms with Crippen LogP contribution in [0.15, 0.2) is 36.5 Å². The molecule has 0 radical (unpaired) electrons. The van der Waals surface area contributed by atoms with Crippen molar-refractivity contribution in [2.24, 2.45) is 0 Å². The number of carboxylic acid groups (broad SMARTS) is 1. The van der Waals surface area contributed by atoms with Crippen LogP contribution in [-0.2, 0) is 13.0 Å². The molecule has 1 aliphatic rings. The molecule has 0 unspecified atom stereocenters. The second-order valence-corrected chi connectivity index (χ2v) is 5.98. The minimum atomic E-state index is -0.918. The zero-order chi connectivity index (χ0) is 18.0. The van der Waals surface area contributed by atoms with Crippen LogP contribution in [0.4, 0.5) is 16.2 Å². The normalized spacial score (nSPS) is 12.6. The van der Waals surface area contributed by atoms with Gasteiger partial charge in [0, 0.05) is 39.1 Å². The Labute approximate surface area is 145 Å². The molecule has 7 nitrogen and oxygen atoms in total. The number of carbonyl (C=O) groups excluding carboxylic acids is 1. The maximum absolute atomic E-state index is 11.7. The lowest BCUT2D eigenvalue weighted by Gasteiger charge is -2.21. The molecule has 1 aromatic carbocycles. The standard InChI is InChI=1S/C18H20N4O3/c1-19-17(23)15-9-12(5-7-20-15)11-21(2)14-3-4-16-13(10-14)6-8-22(16)18(24)25/h3-5,7,9-10H,6,8,11H2,1-2H3,(H,19,23)(H,24,25). The monoisotopic (exact) mass is 340 g/mol. The van der Waals surface area contributed by atoms with Crippen LogP contribution in [0.2, 0.25) is 0 Å². The zero-order valence-electron chi connectivity index (χ0n) is 14.2. The third kappa shape index (κ3) is 3.40. The van der Waals surface area contributed by atoms with Gasteiger partial charge in [-0.2, -0.15) is 0 Å². The predicted molar refractivity (Wildman–Crippen MR) is 95.3 cm³/mol. The largest absolute Gasteiger partial charge is 0.465 e. The summed E-state index contributed by atoms with van der Waals surface area (Å²) < 4.78 is 0. The minimum absolute atomic E-state index is 0.212. The van der Waals surface area contributed by atoms with Crippen LogP contribution in [0.3, 0.4) is 0 Å². The summed E-state index contributed by atoms with van der Waals surface area (Å²) in [4.78, 5) is 30.4. The van der Waals surface area contributed by atoms with Gasteiger partial charge in [-0.25, -0.2) is 4.79 Å². The van der Waals surface area contributed by atoms with Gasteiger partial charge in [0.25, 0.3) is 5.91 Å². The first-order valence-corrected chi connectivity index (χ1v) is 8.01. The average Bonchev–Trinajstić information content (AvgIpc) is 3.04. The quantitative estimate of drug-likeness (QED) is 0.890. The van der Waals surface area contributed by atoms with E-state index in [1.165, 1.54) is 4.90 Å². The number of nitrogens with one attached hydrogen (secondary N) is 1. The van der Waals surface area contributed by atoms with Crippen molar-refractivity contribution in [1.82, 2.24) is 10.3 Å². The highest BCUT2D eigenvalue weighted by Gasteiger charge is 2.24. The fraction of sp³-hybridized carbons (Fsp3) is 0.278. The van der Waals surface area contributed by atoms with Gasteiger partial charge >= 0.3 is 6.09 Å². The van der Waals surface area contributed by atoms with Gasteiger partial charge in [0.15, 0.2) is 0 Å². The van der Waals surface area contributed by atoms with E-state index < -0.39 is 6.09 Å². The van der Waals surface area contributed by atoms with Crippen molar-refractivity contribution < 1.29 is 14.7 Å². The Kier molecular flexibility index (Phi) is 4.56. The number of nitrogens with zero attached hydrogens (tertiary/aromatic N) is 3. The van der Waals surface area contributed by atoms with E-state index in [4.69, 9.17) is 0 Å². The van der Waals surface area contributed by atoms with Gasteiger partial charge in [-0.05, 0) is 47.9 Å². The van der Waals surface area contributed by atoms with Crippen molar-refractivity contribution in [2.45, 2.75) is 13.0 Å². The predicted octanol–water partition coefficient (Wildman–Crippen LogP) is 2.12. The van der Waals surface area contributed by atoms with Crippen LogP contribution >= 0.6 is 0 Å². The molecule has 1 aromatic heterocycles. The molecule has 7 heteroatoms. The SMILES string of the molecule is CNC(=O)c1cc(CN(C)c2ccc3c(c2)CCN3C(=O)O)ccn1. The van der Waals surface area contributed by atoms with Gasteiger partial charge in [-0.15, -0.1) is 0 Å². The second kappa shape index (κ2) is 6.80. The minimum Gasteiger partial charge on any atom is -0.465 e.